The molecule has 2 aromatic rings. The lowest BCUT2D eigenvalue weighted by Crippen LogP contribution is -2.14. The highest BCUT2D eigenvalue weighted by atomic mass is 16.5. The highest BCUT2D eigenvalue weighted by Gasteiger charge is 2.14. The van der Waals surface area contributed by atoms with Crippen LogP contribution in [-0.4, -0.2) is 11.1 Å². The molecule has 0 saturated heterocycles. The number of amides is 1. The molecule has 1 N–H and O–H groups in total. The lowest BCUT2D eigenvalue weighted by Gasteiger charge is -2.13. The SMILES string of the molecule is Cc1nocc1C(=O)Nc1ccccc1C(C)C. The second kappa shape index (κ2) is 5.04. The summed E-state index contributed by atoms with van der Waals surface area (Å²) in [5, 5.41) is 6.60. The molecular weight excluding hydrogens is 228 g/mol. The maximum absolute atomic E-state index is 12.1. The third-order valence-corrected chi connectivity index (χ3v) is 2.83. The number of hydrogen-bond acceptors (Lipinski definition) is 3. The molecule has 0 radical (unpaired) electrons. The Morgan fingerprint density at radius 3 is 2.67 bits per heavy atom. The number of carbonyl (C=O) groups excluding carboxylic acids is 1. The predicted molar refractivity (Wildman–Crippen MR) is 69.7 cm³/mol. The Morgan fingerprint density at radius 1 is 1.33 bits per heavy atom. The van der Waals surface area contributed by atoms with E-state index in [4.69, 9.17) is 4.52 Å². The summed E-state index contributed by atoms with van der Waals surface area (Å²) >= 11 is 0. The number of anilines is 1. The van der Waals surface area contributed by atoms with Crippen LogP contribution in [-0.2, 0) is 0 Å². The zero-order valence-corrected chi connectivity index (χ0v) is 10.7. The molecule has 0 aliphatic carbocycles. The number of para-hydroxylation sites is 1. The van der Waals surface area contributed by atoms with E-state index >= 15 is 0 Å². The van der Waals surface area contributed by atoms with E-state index in [1.165, 1.54) is 6.26 Å². The summed E-state index contributed by atoms with van der Waals surface area (Å²) in [4.78, 5) is 12.1. The maximum atomic E-state index is 12.1. The first-order chi connectivity index (χ1) is 8.59. The third kappa shape index (κ3) is 2.42. The minimum absolute atomic E-state index is 0.193. The minimum atomic E-state index is -0.193. The van der Waals surface area contributed by atoms with Gasteiger partial charge in [0.05, 0.1) is 5.69 Å². The second-order valence-corrected chi connectivity index (χ2v) is 4.51. The van der Waals surface area contributed by atoms with Crippen LogP contribution in [0.3, 0.4) is 0 Å². The van der Waals surface area contributed by atoms with Gasteiger partial charge in [-0.05, 0) is 24.5 Å². The van der Waals surface area contributed by atoms with Crippen molar-refractivity contribution in [1.29, 1.82) is 0 Å². The van der Waals surface area contributed by atoms with Crippen LogP contribution in [0, 0.1) is 6.92 Å². The van der Waals surface area contributed by atoms with Crippen LogP contribution < -0.4 is 5.32 Å². The van der Waals surface area contributed by atoms with Crippen molar-refractivity contribution in [3.05, 3.63) is 47.3 Å². The normalized spacial score (nSPS) is 10.7. The molecule has 4 heteroatoms. The van der Waals surface area contributed by atoms with Crippen molar-refractivity contribution in [2.24, 2.45) is 0 Å². The van der Waals surface area contributed by atoms with Gasteiger partial charge in [-0.15, -0.1) is 0 Å². The topological polar surface area (TPSA) is 55.1 Å². The molecule has 0 atom stereocenters. The summed E-state index contributed by atoms with van der Waals surface area (Å²) in [6, 6.07) is 7.79. The van der Waals surface area contributed by atoms with Crippen LogP contribution in [0.5, 0.6) is 0 Å². The smallest absolute Gasteiger partial charge is 0.260 e. The number of carbonyl (C=O) groups is 1. The van der Waals surface area contributed by atoms with Gasteiger partial charge in [-0.2, -0.15) is 0 Å². The monoisotopic (exact) mass is 244 g/mol. The summed E-state index contributed by atoms with van der Waals surface area (Å²) < 4.78 is 4.77. The molecule has 0 aliphatic heterocycles. The highest BCUT2D eigenvalue weighted by Crippen LogP contribution is 2.24. The van der Waals surface area contributed by atoms with E-state index in [1.807, 2.05) is 24.3 Å². The van der Waals surface area contributed by atoms with E-state index in [9.17, 15) is 4.79 Å². The van der Waals surface area contributed by atoms with Gasteiger partial charge in [0.25, 0.3) is 5.91 Å². The molecular formula is C14H16N2O2. The fourth-order valence-corrected chi connectivity index (χ4v) is 1.81. The van der Waals surface area contributed by atoms with E-state index in [-0.39, 0.29) is 5.91 Å². The van der Waals surface area contributed by atoms with E-state index in [0.29, 0.717) is 17.2 Å². The van der Waals surface area contributed by atoms with E-state index in [0.717, 1.165) is 11.3 Å². The molecule has 0 spiro atoms. The number of nitrogens with zero attached hydrogens (tertiary/aromatic N) is 1. The first-order valence-corrected chi connectivity index (χ1v) is 5.91. The lowest BCUT2D eigenvalue weighted by molar-refractivity contribution is 0.102. The van der Waals surface area contributed by atoms with Crippen molar-refractivity contribution in [3.63, 3.8) is 0 Å². The van der Waals surface area contributed by atoms with Crippen LogP contribution in [0.1, 0.15) is 41.4 Å². The van der Waals surface area contributed by atoms with Crippen LogP contribution in [0.2, 0.25) is 0 Å². The summed E-state index contributed by atoms with van der Waals surface area (Å²) in [5.41, 5.74) is 3.00. The minimum Gasteiger partial charge on any atom is -0.364 e. The Balaban J connectivity index is 2.25. The van der Waals surface area contributed by atoms with Crippen molar-refractivity contribution in [1.82, 2.24) is 5.16 Å². The Morgan fingerprint density at radius 2 is 2.06 bits per heavy atom. The maximum Gasteiger partial charge on any atom is 0.260 e. The molecule has 2 rings (SSSR count). The summed E-state index contributed by atoms with van der Waals surface area (Å²) in [6.45, 7) is 5.93. The Hall–Kier alpha value is -2.10. The van der Waals surface area contributed by atoms with Gasteiger partial charge in [-0.3, -0.25) is 4.79 Å². The van der Waals surface area contributed by atoms with Crippen molar-refractivity contribution in [2.45, 2.75) is 26.7 Å². The van der Waals surface area contributed by atoms with Gasteiger partial charge in [0.1, 0.15) is 11.8 Å². The van der Waals surface area contributed by atoms with Crippen LogP contribution in [0.25, 0.3) is 0 Å². The largest absolute Gasteiger partial charge is 0.364 e. The van der Waals surface area contributed by atoms with Crippen LogP contribution in [0.4, 0.5) is 5.69 Å². The number of nitrogens with one attached hydrogen (secondary N) is 1. The molecule has 1 aromatic heterocycles. The van der Waals surface area contributed by atoms with Gasteiger partial charge < -0.3 is 9.84 Å². The van der Waals surface area contributed by atoms with E-state index in [2.05, 4.69) is 24.3 Å². The number of benzene rings is 1. The predicted octanol–water partition coefficient (Wildman–Crippen LogP) is 3.36. The molecule has 94 valence electrons. The average molecular weight is 244 g/mol. The highest BCUT2D eigenvalue weighted by molar-refractivity contribution is 6.05. The first-order valence-electron chi connectivity index (χ1n) is 5.91. The van der Waals surface area contributed by atoms with Crippen molar-refractivity contribution in [3.8, 4) is 0 Å². The summed E-state index contributed by atoms with van der Waals surface area (Å²) in [6.07, 6.45) is 1.36. The van der Waals surface area contributed by atoms with Gasteiger partial charge in [0, 0.05) is 5.69 Å². The summed E-state index contributed by atoms with van der Waals surface area (Å²) in [7, 11) is 0. The quantitative estimate of drug-likeness (QED) is 0.900. The molecule has 1 heterocycles. The Bertz CT molecular complexity index is 558. The summed E-state index contributed by atoms with van der Waals surface area (Å²) in [5.74, 6) is 0.159. The van der Waals surface area contributed by atoms with Gasteiger partial charge in [-0.1, -0.05) is 37.2 Å². The Kier molecular flexibility index (Phi) is 3.46. The molecule has 1 aromatic carbocycles. The zero-order valence-electron chi connectivity index (χ0n) is 10.7. The third-order valence-electron chi connectivity index (χ3n) is 2.83. The second-order valence-electron chi connectivity index (χ2n) is 4.51. The van der Waals surface area contributed by atoms with Gasteiger partial charge >= 0.3 is 0 Å². The Labute approximate surface area is 106 Å². The molecule has 1 amide bonds. The van der Waals surface area contributed by atoms with E-state index in [1.54, 1.807) is 6.92 Å². The van der Waals surface area contributed by atoms with Gasteiger partial charge in [0.2, 0.25) is 0 Å². The molecule has 0 unspecified atom stereocenters. The number of aryl methyl sites for hydroxylation is 1. The van der Waals surface area contributed by atoms with Crippen molar-refractivity contribution < 1.29 is 9.32 Å². The molecule has 18 heavy (non-hydrogen) atoms. The van der Waals surface area contributed by atoms with E-state index < -0.39 is 0 Å². The molecule has 4 nitrogen and oxygen atoms in total. The van der Waals surface area contributed by atoms with Crippen LogP contribution >= 0.6 is 0 Å². The van der Waals surface area contributed by atoms with Crippen molar-refractivity contribution in [2.75, 3.05) is 5.32 Å². The van der Waals surface area contributed by atoms with Gasteiger partial charge in [-0.25, -0.2) is 0 Å². The van der Waals surface area contributed by atoms with Crippen LogP contribution in [0.15, 0.2) is 35.1 Å². The lowest BCUT2D eigenvalue weighted by atomic mass is 10.0. The number of rotatable bonds is 3. The molecule has 0 fully saturated rings. The fraction of sp³-hybridized carbons (Fsp3) is 0.286. The average Bonchev–Trinajstić information content (AvgIpc) is 2.76. The molecule has 0 aliphatic rings. The number of hydrogen-bond donors (Lipinski definition) is 1. The number of aromatic nitrogens is 1. The van der Waals surface area contributed by atoms with Gasteiger partial charge in [0.15, 0.2) is 0 Å². The fourth-order valence-electron chi connectivity index (χ4n) is 1.81. The first kappa shape index (κ1) is 12.4. The van der Waals surface area contributed by atoms with Crippen molar-refractivity contribution >= 4 is 11.6 Å². The standard InChI is InChI=1S/C14H16N2O2/c1-9(2)11-6-4-5-7-13(11)15-14(17)12-8-18-16-10(12)3/h4-9H,1-3H3,(H,15,17). The zero-order chi connectivity index (χ0) is 13.1. The molecule has 0 saturated carbocycles. The molecule has 0 bridgehead atoms.